The molecule has 2 aliphatic heterocycles. The lowest BCUT2D eigenvalue weighted by Crippen LogP contribution is -2.37. The molecule has 0 saturated carbocycles. The Morgan fingerprint density at radius 2 is 2.08 bits per heavy atom. The number of morpholine rings is 1. The number of ether oxygens (including phenoxy) is 2. The van der Waals surface area contributed by atoms with Crippen LogP contribution in [0.2, 0.25) is 0 Å². The summed E-state index contributed by atoms with van der Waals surface area (Å²) in [6.07, 6.45) is 0. The van der Waals surface area contributed by atoms with E-state index in [1.54, 1.807) is 7.11 Å². The van der Waals surface area contributed by atoms with Gasteiger partial charge in [-0.15, -0.1) is 21.5 Å². The summed E-state index contributed by atoms with van der Waals surface area (Å²) in [5, 5.41) is 17.2. The normalized spacial score (nSPS) is 18.2. The van der Waals surface area contributed by atoms with Gasteiger partial charge in [0.25, 0.3) is 5.91 Å². The number of hydrogen-bond acceptors (Lipinski definition) is 9. The zero-order valence-corrected chi connectivity index (χ0v) is 21.7. The Balaban J connectivity index is 1.39. The Labute approximate surface area is 218 Å². The standard InChI is InChI=1S/C27H28N6O3S/c1-15(14-33-8-10-36-11-9-33)21-12-18(27(35-3)32-31-21)20-5-4-17-19(30-20)6-7-22-23(17)24-25(37-22)26(34)29-16(2)13-28-24/h4-7,12,16,28H,1,8-11,13-14H2,2-3H3,(H,29,34)/t16-/m1/s1. The van der Waals surface area contributed by atoms with Crippen LogP contribution in [0.4, 0.5) is 5.69 Å². The first-order valence-electron chi connectivity index (χ1n) is 12.3. The number of methoxy groups -OCH3 is 1. The van der Waals surface area contributed by atoms with E-state index in [1.165, 1.54) is 11.3 Å². The molecule has 0 aliphatic carbocycles. The van der Waals surface area contributed by atoms with Gasteiger partial charge in [-0.05, 0) is 42.8 Å². The van der Waals surface area contributed by atoms with Crippen molar-refractivity contribution < 1.29 is 14.3 Å². The highest BCUT2D eigenvalue weighted by molar-refractivity contribution is 7.21. The topological polar surface area (TPSA) is 102 Å². The van der Waals surface area contributed by atoms with E-state index >= 15 is 0 Å². The largest absolute Gasteiger partial charge is 0.479 e. The van der Waals surface area contributed by atoms with Crippen molar-refractivity contribution in [1.82, 2.24) is 25.4 Å². The Morgan fingerprint density at radius 3 is 2.89 bits per heavy atom. The Kier molecular flexibility index (Phi) is 6.23. The third kappa shape index (κ3) is 4.41. The van der Waals surface area contributed by atoms with Gasteiger partial charge in [0.05, 0.1) is 48.5 Å². The molecule has 190 valence electrons. The third-order valence-corrected chi connectivity index (χ3v) is 7.95. The summed E-state index contributed by atoms with van der Waals surface area (Å²) < 4.78 is 12.0. The number of anilines is 1. The molecule has 0 radical (unpaired) electrons. The molecule has 3 aromatic heterocycles. The van der Waals surface area contributed by atoms with Crippen molar-refractivity contribution in [3.8, 4) is 17.1 Å². The van der Waals surface area contributed by atoms with Crippen molar-refractivity contribution in [3.05, 3.63) is 47.5 Å². The summed E-state index contributed by atoms with van der Waals surface area (Å²) in [6.45, 7) is 10.8. The molecule has 1 saturated heterocycles. The molecule has 5 heterocycles. The van der Waals surface area contributed by atoms with Crippen LogP contribution in [0.1, 0.15) is 22.3 Å². The highest BCUT2D eigenvalue weighted by Crippen LogP contribution is 2.41. The number of carbonyl (C=O) groups excluding carboxylic acids is 1. The van der Waals surface area contributed by atoms with Crippen LogP contribution < -0.4 is 15.4 Å². The fourth-order valence-corrected chi connectivity index (χ4v) is 5.97. The van der Waals surface area contributed by atoms with Crippen LogP contribution in [0.25, 0.3) is 37.8 Å². The van der Waals surface area contributed by atoms with Gasteiger partial charge in [-0.1, -0.05) is 6.58 Å². The number of thiophene rings is 1. The lowest BCUT2D eigenvalue weighted by atomic mass is 10.1. The number of aromatic nitrogens is 3. The number of fused-ring (bicyclic) bond motifs is 5. The monoisotopic (exact) mass is 516 g/mol. The molecule has 10 heteroatoms. The first kappa shape index (κ1) is 23.8. The van der Waals surface area contributed by atoms with Gasteiger partial charge in [0.2, 0.25) is 5.88 Å². The summed E-state index contributed by atoms with van der Waals surface area (Å²) >= 11 is 1.50. The summed E-state index contributed by atoms with van der Waals surface area (Å²) in [6, 6.07) is 10.1. The van der Waals surface area contributed by atoms with Crippen molar-refractivity contribution in [1.29, 1.82) is 0 Å². The Bertz CT molecular complexity index is 1530. The molecule has 6 rings (SSSR count). The van der Waals surface area contributed by atoms with Crippen molar-refractivity contribution in [2.24, 2.45) is 0 Å². The van der Waals surface area contributed by atoms with Gasteiger partial charge in [-0.2, -0.15) is 0 Å². The van der Waals surface area contributed by atoms with Gasteiger partial charge in [0.1, 0.15) is 4.88 Å². The molecule has 37 heavy (non-hydrogen) atoms. The van der Waals surface area contributed by atoms with E-state index in [0.29, 0.717) is 29.5 Å². The maximum Gasteiger partial charge on any atom is 0.263 e. The van der Waals surface area contributed by atoms with Crippen LogP contribution in [0, 0.1) is 0 Å². The first-order chi connectivity index (χ1) is 18.0. The van der Waals surface area contributed by atoms with Crippen LogP contribution in [-0.2, 0) is 4.74 Å². The van der Waals surface area contributed by atoms with Gasteiger partial charge < -0.3 is 20.1 Å². The minimum Gasteiger partial charge on any atom is -0.479 e. The number of carbonyl (C=O) groups is 1. The van der Waals surface area contributed by atoms with Gasteiger partial charge in [0, 0.05) is 47.7 Å². The smallest absolute Gasteiger partial charge is 0.263 e. The summed E-state index contributed by atoms with van der Waals surface area (Å²) in [5.41, 5.74) is 4.81. The maximum atomic E-state index is 12.7. The summed E-state index contributed by atoms with van der Waals surface area (Å²) in [5.74, 6) is 0.372. The molecular weight excluding hydrogens is 488 g/mol. The minimum absolute atomic E-state index is 0.0381. The highest BCUT2D eigenvalue weighted by atomic mass is 32.1. The molecule has 1 aromatic carbocycles. The summed E-state index contributed by atoms with van der Waals surface area (Å²) in [7, 11) is 1.58. The van der Waals surface area contributed by atoms with E-state index in [1.807, 2.05) is 31.2 Å². The molecule has 1 fully saturated rings. The molecule has 2 aliphatic rings. The number of hydrogen-bond donors (Lipinski definition) is 2. The van der Waals surface area contributed by atoms with Crippen LogP contribution in [-0.4, -0.2) is 78.5 Å². The van der Waals surface area contributed by atoms with Crippen molar-refractivity contribution >= 4 is 49.5 Å². The third-order valence-electron chi connectivity index (χ3n) is 6.80. The van der Waals surface area contributed by atoms with E-state index in [-0.39, 0.29) is 11.9 Å². The van der Waals surface area contributed by atoms with Gasteiger partial charge in [0.15, 0.2) is 0 Å². The quantitative estimate of drug-likeness (QED) is 0.413. The predicted molar refractivity (Wildman–Crippen MR) is 146 cm³/mol. The molecule has 0 spiro atoms. The molecule has 9 nitrogen and oxygen atoms in total. The average Bonchev–Trinajstić information content (AvgIpc) is 3.24. The van der Waals surface area contributed by atoms with Crippen LogP contribution >= 0.6 is 11.3 Å². The van der Waals surface area contributed by atoms with Crippen molar-refractivity contribution in [3.63, 3.8) is 0 Å². The number of nitrogens with one attached hydrogen (secondary N) is 2. The van der Waals surface area contributed by atoms with Gasteiger partial charge in [-0.25, -0.2) is 4.98 Å². The van der Waals surface area contributed by atoms with E-state index in [9.17, 15) is 4.79 Å². The van der Waals surface area contributed by atoms with Gasteiger partial charge >= 0.3 is 0 Å². The molecule has 0 bridgehead atoms. The van der Waals surface area contributed by atoms with Crippen LogP contribution in [0.3, 0.4) is 0 Å². The lowest BCUT2D eigenvalue weighted by Gasteiger charge is -2.27. The van der Waals surface area contributed by atoms with E-state index in [2.05, 4.69) is 38.4 Å². The fraction of sp³-hybridized carbons (Fsp3) is 0.333. The van der Waals surface area contributed by atoms with Crippen molar-refractivity contribution in [2.45, 2.75) is 13.0 Å². The second kappa shape index (κ2) is 9.70. The number of amides is 1. The molecule has 1 atom stereocenters. The molecule has 2 N–H and O–H groups in total. The summed E-state index contributed by atoms with van der Waals surface area (Å²) in [4.78, 5) is 20.7. The van der Waals surface area contributed by atoms with Crippen LogP contribution in [0.5, 0.6) is 5.88 Å². The SMILES string of the molecule is C=C(CN1CCOCC1)c1cc(-c2ccc3c(ccc4sc5c(c43)NC[C@@H](C)NC5=O)n2)c(OC)nn1. The van der Waals surface area contributed by atoms with E-state index in [0.717, 1.165) is 69.8 Å². The van der Waals surface area contributed by atoms with E-state index in [4.69, 9.17) is 14.5 Å². The zero-order chi connectivity index (χ0) is 25.5. The zero-order valence-electron chi connectivity index (χ0n) is 20.8. The number of rotatable bonds is 5. The second-order valence-electron chi connectivity index (χ2n) is 9.41. The van der Waals surface area contributed by atoms with Crippen molar-refractivity contribution in [2.75, 3.05) is 51.8 Å². The predicted octanol–water partition coefficient (Wildman–Crippen LogP) is 3.80. The first-order valence-corrected chi connectivity index (χ1v) is 13.1. The minimum atomic E-state index is -0.0381. The maximum absolute atomic E-state index is 12.7. The number of nitrogens with zero attached hydrogens (tertiary/aromatic N) is 4. The molecular formula is C27H28N6O3S. The van der Waals surface area contributed by atoms with Gasteiger partial charge in [-0.3, -0.25) is 9.69 Å². The molecule has 4 aromatic rings. The lowest BCUT2D eigenvalue weighted by molar-refractivity contribution is 0.0444. The molecule has 1 amide bonds. The number of benzene rings is 1. The van der Waals surface area contributed by atoms with Crippen LogP contribution in [0.15, 0.2) is 36.9 Å². The van der Waals surface area contributed by atoms with E-state index < -0.39 is 0 Å². The Hall–Kier alpha value is -3.60. The Morgan fingerprint density at radius 1 is 1.24 bits per heavy atom. The highest BCUT2D eigenvalue weighted by Gasteiger charge is 2.25. The average molecular weight is 517 g/mol. The fourth-order valence-electron chi connectivity index (χ4n) is 4.87. The molecule has 0 unspecified atom stereocenters. The number of pyridine rings is 1. The second-order valence-corrected chi connectivity index (χ2v) is 10.5.